The third-order valence-corrected chi connectivity index (χ3v) is 3.01. The van der Waals surface area contributed by atoms with Crippen LogP contribution in [0.2, 0.25) is 0 Å². The number of hydrogen-bond acceptors (Lipinski definition) is 5. The first-order valence-corrected chi connectivity index (χ1v) is 7.22. The Morgan fingerprint density at radius 1 is 1.27 bits per heavy atom. The van der Waals surface area contributed by atoms with Crippen LogP contribution in [0.3, 0.4) is 0 Å². The fourth-order valence-electron chi connectivity index (χ4n) is 1.63. The van der Waals surface area contributed by atoms with Crippen LogP contribution in [0.15, 0.2) is 36.7 Å². The van der Waals surface area contributed by atoms with Crippen molar-refractivity contribution in [2.75, 3.05) is 5.32 Å². The number of amides is 1. The topological polar surface area (TPSA) is 85.4 Å². The summed E-state index contributed by atoms with van der Waals surface area (Å²) in [5, 5.41) is 2.44. The van der Waals surface area contributed by atoms with Crippen LogP contribution in [0, 0.1) is 12.7 Å². The molecule has 9 heteroatoms. The molecular weight excluding hydrogens is 318 g/mol. The molecule has 1 aromatic heterocycles. The maximum Gasteiger partial charge on any atom is 0.488 e. The highest BCUT2D eigenvalue weighted by molar-refractivity contribution is 7.81. The smallest absolute Gasteiger partial charge is 0.357 e. The van der Waals surface area contributed by atoms with E-state index in [-0.39, 0.29) is 11.3 Å². The molecule has 2 aromatic rings. The Labute approximate surface area is 125 Å². The van der Waals surface area contributed by atoms with Crippen LogP contribution in [-0.2, 0) is 10.5 Å². The number of carbonyl (C=O) groups is 1. The van der Waals surface area contributed by atoms with Gasteiger partial charge >= 0.3 is 10.5 Å². The summed E-state index contributed by atoms with van der Waals surface area (Å²) in [4.78, 5) is 15.6. The van der Waals surface area contributed by atoms with E-state index in [0.717, 1.165) is 24.5 Å². The van der Waals surface area contributed by atoms with E-state index in [1.54, 1.807) is 6.92 Å². The summed E-state index contributed by atoms with van der Waals surface area (Å²) >= 11 is 0. The van der Waals surface area contributed by atoms with Crippen molar-refractivity contribution >= 4 is 22.1 Å². The largest absolute Gasteiger partial charge is 0.488 e. The molecule has 1 N–H and O–H groups in total. The van der Waals surface area contributed by atoms with Gasteiger partial charge in [-0.2, -0.15) is 8.42 Å². The first-order chi connectivity index (χ1) is 10.2. The third-order valence-electron chi connectivity index (χ3n) is 2.62. The number of hydrogen-bond donors (Lipinski definition) is 1. The van der Waals surface area contributed by atoms with Gasteiger partial charge in [-0.1, -0.05) is 9.95 Å². The Morgan fingerprint density at radius 2 is 2.00 bits per heavy atom. The molecule has 0 aliphatic carbocycles. The molecule has 1 heterocycles. The van der Waals surface area contributed by atoms with Gasteiger partial charge in [0.15, 0.2) is 5.75 Å². The van der Waals surface area contributed by atoms with Gasteiger partial charge in [0.2, 0.25) is 0 Å². The summed E-state index contributed by atoms with van der Waals surface area (Å²) < 4.78 is 50.4. The Kier molecular flexibility index (Phi) is 4.36. The van der Waals surface area contributed by atoms with Crippen molar-refractivity contribution < 1.29 is 25.7 Å². The highest BCUT2D eigenvalue weighted by Crippen LogP contribution is 2.19. The van der Waals surface area contributed by atoms with Gasteiger partial charge in [-0.15, -0.1) is 0 Å². The molecule has 0 saturated carbocycles. The molecule has 1 aromatic carbocycles. The van der Waals surface area contributed by atoms with Gasteiger partial charge in [-0.25, -0.2) is 4.39 Å². The molecule has 0 unspecified atom stereocenters. The van der Waals surface area contributed by atoms with E-state index in [9.17, 15) is 21.5 Å². The summed E-state index contributed by atoms with van der Waals surface area (Å²) in [6.45, 7) is 1.67. The second-order valence-electron chi connectivity index (χ2n) is 4.30. The number of rotatable bonds is 4. The monoisotopic (exact) mass is 328 g/mol. The lowest BCUT2D eigenvalue weighted by molar-refractivity contribution is 0.102. The van der Waals surface area contributed by atoms with Gasteiger partial charge in [0.05, 0.1) is 11.8 Å². The lowest BCUT2D eigenvalue weighted by Gasteiger charge is -2.09. The van der Waals surface area contributed by atoms with Crippen molar-refractivity contribution in [3.63, 3.8) is 0 Å². The molecule has 2 rings (SSSR count). The van der Waals surface area contributed by atoms with E-state index in [1.165, 1.54) is 12.1 Å². The van der Waals surface area contributed by atoms with Crippen molar-refractivity contribution in [2.45, 2.75) is 6.92 Å². The van der Waals surface area contributed by atoms with Crippen molar-refractivity contribution in [2.24, 2.45) is 0 Å². The molecule has 6 nitrogen and oxygen atoms in total. The van der Waals surface area contributed by atoms with Crippen molar-refractivity contribution in [1.29, 1.82) is 0 Å². The van der Waals surface area contributed by atoms with Gasteiger partial charge in [0.25, 0.3) is 5.91 Å². The minimum Gasteiger partial charge on any atom is -0.357 e. The van der Waals surface area contributed by atoms with E-state index in [0.29, 0.717) is 5.56 Å². The van der Waals surface area contributed by atoms with Gasteiger partial charge in [0, 0.05) is 11.9 Å². The summed E-state index contributed by atoms with van der Waals surface area (Å²) in [6, 6.07) is 4.85. The number of aryl methyl sites for hydroxylation is 1. The third kappa shape index (κ3) is 4.22. The number of anilines is 1. The van der Waals surface area contributed by atoms with E-state index in [2.05, 4.69) is 14.5 Å². The lowest BCUT2D eigenvalue weighted by atomic mass is 10.2. The molecule has 0 bridgehead atoms. The molecule has 0 spiro atoms. The van der Waals surface area contributed by atoms with Crippen molar-refractivity contribution in [3.05, 3.63) is 53.6 Å². The van der Waals surface area contributed by atoms with E-state index >= 15 is 0 Å². The fraction of sp³-hybridized carbons (Fsp3) is 0.0769. The van der Waals surface area contributed by atoms with Crippen LogP contribution in [0.25, 0.3) is 0 Å². The van der Waals surface area contributed by atoms with E-state index < -0.39 is 28.0 Å². The van der Waals surface area contributed by atoms with Gasteiger partial charge < -0.3 is 9.50 Å². The molecule has 22 heavy (non-hydrogen) atoms. The maximum atomic E-state index is 13.2. The first-order valence-electron chi connectivity index (χ1n) is 5.91. The van der Waals surface area contributed by atoms with Crippen molar-refractivity contribution in [3.8, 4) is 5.75 Å². The summed E-state index contributed by atoms with van der Waals surface area (Å²) in [5.74, 6) is -1.66. The van der Waals surface area contributed by atoms with E-state index in [4.69, 9.17) is 0 Å². The van der Waals surface area contributed by atoms with Crippen LogP contribution >= 0.6 is 0 Å². The number of pyridine rings is 1. The predicted octanol–water partition coefficient (Wildman–Crippen LogP) is 2.37. The highest BCUT2D eigenvalue weighted by atomic mass is 32.3. The summed E-state index contributed by atoms with van der Waals surface area (Å²) in [6.07, 6.45) is 2.06. The molecule has 0 aliphatic heterocycles. The quantitative estimate of drug-likeness (QED) is 0.871. The zero-order chi connectivity index (χ0) is 16.3. The number of nitrogens with one attached hydrogen (secondary N) is 1. The normalized spacial score (nSPS) is 11.0. The average molecular weight is 328 g/mol. The number of carbonyl (C=O) groups excluding carboxylic acids is 1. The maximum absolute atomic E-state index is 13.2. The molecular formula is C13H10F2N2O4S. The Balaban J connectivity index is 2.23. The molecule has 0 saturated heterocycles. The summed E-state index contributed by atoms with van der Waals surface area (Å²) in [7, 11) is -5.21. The van der Waals surface area contributed by atoms with Crippen LogP contribution in [0.1, 0.15) is 15.9 Å². The zero-order valence-electron chi connectivity index (χ0n) is 11.2. The zero-order valence-corrected chi connectivity index (χ0v) is 12.0. The minimum atomic E-state index is -5.21. The molecule has 1 amide bonds. The predicted molar refractivity (Wildman–Crippen MR) is 74.0 cm³/mol. The van der Waals surface area contributed by atoms with Gasteiger partial charge in [0.1, 0.15) is 5.82 Å². The molecule has 0 atom stereocenters. The number of aromatic nitrogens is 1. The van der Waals surface area contributed by atoms with Crippen LogP contribution in [0.4, 0.5) is 14.0 Å². The Bertz CT molecular complexity index is 825. The number of benzene rings is 1. The lowest BCUT2D eigenvalue weighted by Crippen LogP contribution is -2.13. The fourth-order valence-corrected chi connectivity index (χ4v) is 1.95. The second-order valence-corrected chi connectivity index (χ2v) is 5.25. The van der Waals surface area contributed by atoms with Gasteiger partial charge in [-0.05, 0) is 30.7 Å². The minimum absolute atomic E-state index is 0.0789. The second kappa shape index (κ2) is 6.06. The summed E-state index contributed by atoms with van der Waals surface area (Å²) in [5.41, 5.74) is 0.792. The van der Waals surface area contributed by atoms with Crippen LogP contribution < -0.4 is 9.50 Å². The Morgan fingerprint density at radius 3 is 2.68 bits per heavy atom. The SMILES string of the molecule is Cc1ccc(F)cc1NC(=O)c1cncc(OS(=O)(=O)F)c1. The highest BCUT2D eigenvalue weighted by Gasteiger charge is 2.14. The average Bonchev–Trinajstić information content (AvgIpc) is 2.41. The Hall–Kier alpha value is -2.55. The molecule has 0 aliphatic rings. The molecule has 116 valence electrons. The van der Waals surface area contributed by atoms with Crippen LogP contribution in [0.5, 0.6) is 5.75 Å². The molecule has 0 fully saturated rings. The van der Waals surface area contributed by atoms with E-state index in [1.807, 2.05) is 0 Å². The first kappa shape index (κ1) is 15.8. The number of nitrogens with zero attached hydrogens (tertiary/aromatic N) is 1. The van der Waals surface area contributed by atoms with Crippen LogP contribution in [-0.4, -0.2) is 19.3 Å². The van der Waals surface area contributed by atoms with Crippen molar-refractivity contribution in [1.82, 2.24) is 4.98 Å². The molecule has 0 radical (unpaired) electrons. The standard InChI is InChI=1S/C13H10F2N2O4S/c1-8-2-3-10(14)5-12(8)17-13(18)9-4-11(7-16-6-9)21-22(15,19)20/h2-7H,1H3,(H,17,18). The van der Waals surface area contributed by atoms with Gasteiger partial charge in [-0.3, -0.25) is 9.78 Å². The number of halogens is 2.